The van der Waals surface area contributed by atoms with Crippen molar-refractivity contribution in [1.29, 1.82) is 0 Å². The quantitative estimate of drug-likeness (QED) is 0.779. The minimum absolute atomic E-state index is 0.112. The van der Waals surface area contributed by atoms with Gasteiger partial charge in [-0.05, 0) is 23.6 Å². The monoisotopic (exact) mass is 311 g/mol. The molecule has 4 nitrogen and oxygen atoms in total. The topological polar surface area (TPSA) is 58.0 Å². The van der Waals surface area contributed by atoms with Crippen molar-refractivity contribution >= 4 is 27.4 Å². The second kappa shape index (κ2) is 5.34. The van der Waals surface area contributed by atoms with E-state index in [2.05, 4.69) is 40.4 Å². The molecule has 3 aromatic rings. The highest BCUT2D eigenvalue weighted by atomic mass is 32.1. The van der Waals surface area contributed by atoms with Crippen LogP contribution in [0.5, 0.6) is 0 Å². The third-order valence-corrected chi connectivity index (χ3v) is 5.41. The summed E-state index contributed by atoms with van der Waals surface area (Å²) in [5.41, 5.74) is 2.37. The van der Waals surface area contributed by atoms with Gasteiger partial charge in [0.05, 0.1) is 17.5 Å². The van der Waals surface area contributed by atoms with Gasteiger partial charge in [-0.2, -0.15) is 0 Å². The summed E-state index contributed by atoms with van der Waals surface area (Å²) in [5.74, 6) is 0.807. The summed E-state index contributed by atoms with van der Waals surface area (Å²) in [7, 11) is 0. The fraction of sp³-hybridized carbons (Fsp3) is 0.294. The Morgan fingerprint density at radius 1 is 1.32 bits per heavy atom. The number of thiophene rings is 1. The van der Waals surface area contributed by atoms with Crippen LogP contribution in [0.25, 0.3) is 10.2 Å². The van der Waals surface area contributed by atoms with Gasteiger partial charge in [-0.1, -0.05) is 31.2 Å². The summed E-state index contributed by atoms with van der Waals surface area (Å²) in [5, 5.41) is 14.9. The van der Waals surface area contributed by atoms with Crippen molar-refractivity contribution in [3.8, 4) is 0 Å². The van der Waals surface area contributed by atoms with Crippen molar-refractivity contribution in [2.24, 2.45) is 0 Å². The van der Waals surface area contributed by atoms with Gasteiger partial charge in [0.25, 0.3) is 0 Å². The molecular weight excluding hydrogens is 294 g/mol. The minimum Gasteiger partial charge on any atom is -0.390 e. The van der Waals surface area contributed by atoms with E-state index in [1.807, 2.05) is 12.1 Å². The number of aliphatic hydroxyl groups excluding tert-OH is 1. The number of nitrogens with one attached hydrogen (secondary N) is 1. The zero-order chi connectivity index (χ0) is 15.1. The first-order valence-corrected chi connectivity index (χ1v) is 8.33. The van der Waals surface area contributed by atoms with E-state index in [1.54, 1.807) is 17.7 Å². The van der Waals surface area contributed by atoms with Gasteiger partial charge in [0, 0.05) is 11.3 Å². The first kappa shape index (κ1) is 13.7. The number of aryl methyl sites for hydroxylation is 1. The highest BCUT2D eigenvalue weighted by molar-refractivity contribution is 7.18. The predicted octanol–water partition coefficient (Wildman–Crippen LogP) is 3.32. The number of fused-ring (bicyclic) bond motifs is 2. The number of benzene rings is 1. The van der Waals surface area contributed by atoms with Crippen molar-refractivity contribution in [3.05, 3.63) is 52.7 Å². The maximum atomic E-state index is 10.4. The minimum atomic E-state index is -0.424. The number of rotatable bonds is 3. The number of anilines is 1. The number of hydrogen-bond acceptors (Lipinski definition) is 5. The number of aliphatic hydroxyl groups is 1. The van der Waals surface area contributed by atoms with E-state index in [1.165, 1.54) is 10.4 Å². The molecule has 0 amide bonds. The third-order valence-electron chi connectivity index (χ3n) is 4.23. The van der Waals surface area contributed by atoms with E-state index in [-0.39, 0.29) is 6.04 Å². The molecule has 0 saturated carbocycles. The number of hydrogen-bond donors (Lipinski definition) is 2. The van der Waals surface area contributed by atoms with Gasteiger partial charge in [-0.15, -0.1) is 11.3 Å². The fourth-order valence-electron chi connectivity index (χ4n) is 3.09. The Morgan fingerprint density at radius 2 is 2.18 bits per heavy atom. The summed E-state index contributed by atoms with van der Waals surface area (Å²) >= 11 is 1.70. The van der Waals surface area contributed by atoms with E-state index in [0.717, 1.165) is 28.0 Å². The van der Waals surface area contributed by atoms with E-state index < -0.39 is 6.10 Å². The van der Waals surface area contributed by atoms with Crippen LogP contribution in [0.4, 0.5) is 5.82 Å². The molecule has 22 heavy (non-hydrogen) atoms. The lowest BCUT2D eigenvalue weighted by Crippen LogP contribution is -2.21. The molecule has 2 heterocycles. The maximum Gasteiger partial charge on any atom is 0.138 e. The van der Waals surface area contributed by atoms with Crippen LogP contribution in [0.2, 0.25) is 0 Å². The summed E-state index contributed by atoms with van der Waals surface area (Å²) < 4.78 is 0. The molecule has 0 fully saturated rings. The van der Waals surface area contributed by atoms with Crippen LogP contribution >= 0.6 is 11.3 Å². The Kier molecular flexibility index (Phi) is 3.32. The van der Waals surface area contributed by atoms with E-state index in [4.69, 9.17) is 0 Å². The molecule has 2 aromatic heterocycles. The second-order valence-electron chi connectivity index (χ2n) is 5.60. The van der Waals surface area contributed by atoms with Crippen LogP contribution in [-0.2, 0) is 12.8 Å². The zero-order valence-corrected chi connectivity index (χ0v) is 13.1. The average molecular weight is 311 g/mol. The van der Waals surface area contributed by atoms with E-state index in [0.29, 0.717) is 6.42 Å². The molecule has 112 valence electrons. The molecule has 0 aliphatic heterocycles. The van der Waals surface area contributed by atoms with Gasteiger partial charge in [0.2, 0.25) is 0 Å². The summed E-state index contributed by atoms with van der Waals surface area (Å²) in [6, 6.07) is 10.2. The van der Waals surface area contributed by atoms with Crippen molar-refractivity contribution < 1.29 is 5.11 Å². The van der Waals surface area contributed by atoms with Gasteiger partial charge in [-0.3, -0.25) is 0 Å². The van der Waals surface area contributed by atoms with Gasteiger partial charge in [-0.25, -0.2) is 9.97 Å². The smallest absolute Gasteiger partial charge is 0.138 e. The second-order valence-corrected chi connectivity index (χ2v) is 6.71. The van der Waals surface area contributed by atoms with Gasteiger partial charge >= 0.3 is 0 Å². The van der Waals surface area contributed by atoms with Crippen molar-refractivity contribution in [3.63, 3.8) is 0 Å². The lowest BCUT2D eigenvalue weighted by molar-refractivity contribution is 0.165. The first-order valence-electron chi connectivity index (χ1n) is 7.52. The fourth-order valence-corrected chi connectivity index (χ4v) is 4.02. The van der Waals surface area contributed by atoms with Crippen LogP contribution < -0.4 is 5.32 Å². The first-order chi connectivity index (χ1) is 10.8. The lowest BCUT2D eigenvalue weighted by atomic mass is 10.1. The van der Waals surface area contributed by atoms with E-state index >= 15 is 0 Å². The van der Waals surface area contributed by atoms with Gasteiger partial charge in [0.15, 0.2) is 0 Å². The summed E-state index contributed by atoms with van der Waals surface area (Å²) in [4.78, 5) is 11.0. The standard InChI is InChI=1S/C17H17N3OS/c1-2-11-8-13-16(18-9-19-17(13)22-11)20-15-12-6-4-3-5-10(12)7-14(15)21/h3-6,8-9,14-15,21H,2,7H2,1H3,(H,18,19,20)/t14-,15+/m0/s1. The van der Waals surface area contributed by atoms with Crippen molar-refractivity contribution in [2.75, 3.05) is 5.32 Å². The van der Waals surface area contributed by atoms with Crippen LogP contribution in [0.15, 0.2) is 36.7 Å². The lowest BCUT2D eigenvalue weighted by Gasteiger charge is -2.18. The Morgan fingerprint density at radius 3 is 3.05 bits per heavy atom. The van der Waals surface area contributed by atoms with Crippen molar-refractivity contribution in [2.45, 2.75) is 31.9 Å². The number of aromatic nitrogens is 2. The van der Waals surface area contributed by atoms with Crippen LogP contribution in [0.3, 0.4) is 0 Å². The predicted molar refractivity (Wildman–Crippen MR) is 89.3 cm³/mol. The Labute approximate surface area is 132 Å². The molecular formula is C17H17N3OS. The summed E-state index contributed by atoms with van der Waals surface area (Å²) in [6.07, 6.45) is 2.85. The molecule has 4 rings (SSSR count). The van der Waals surface area contributed by atoms with Crippen LogP contribution in [-0.4, -0.2) is 21.2 Å². The highest BCUT2D eigenvalue weighted by Gasteiger charge is 2.31. The molecule has 5 heteroatoms. The molecule has 0 bridgehead atoms. The molecule has 2 N–H and O–H groups in total. The highest BCUT2D eigenvalue weighted by Crippen LogP contribution is 2.36. The molecule has 1 aliphatic rings. The Hall–Kier alpha value is -1.98. The molecule has 1 aromatic carbocycles. The number of nitrogens with zero attached hydrogens (tertiary/aromatic N) is 2. The van der Waals surface area contributed by atoms with Crippen LogP contribution in [0.1, 0.15) is 29.0 Å². The van der Waals surface area contributed by atoms with E-state index in [9.17, 15) is 5.11 Å². The molecule has 0 saturated heterocycles. The molecule has 2 atom stereocenters. The average Bonchev–Trinajstić information content (AvgIpc) is 3.09. The normalized spacial score (nSPS) is 20.3. The van der Waals surface area contributed by atoms with Gasteiger partial charge in [0.1, 0.15) is 17.0 Å². The Balaban J connectivity index is 1.73. The molecule has 0 spiro atoms. The van der Waals surface area contributed by atoms with Gasteiger partial charge < -0.3 is 10.4 Å². The molecule has 1 aliphatic carbocycles. The zero-order valence-electron chi connectivity index (χ0n) is 12.3. The largest absolute Gasteiger partial charge is 0.390 e. The SMILES string of the molecule is CCc1cc2c(N[C@@H]3c4ccccc4C[C@@H]3O)ncnc2s1. The van der Waals surface area contributed by atoms with Crippen LogP contribution in [0, 0.1) is 0 Å². The molecule has 0 unspecified atom stereocenters. The Bertz CT molecular complexity index is 830. The molecule has 0 radical (unpaired) electrons. The third kappa shape index (κ3) is 2.17. The van der Waals surface area contributed by atoms with Crippen molar-refractivity contribution in [1.82, 2.24) is 9.97 Å². The maximum absolute atomic E-state index is 10.4. The summed E-state index contributed by atoms with van der Waals surface area (Å²) in [6.45, 7) is 2.14.